The minimum absolute atomic E-state index is 0.0405. The van der Waals surface area contributed by atoms with E-state index >= 15 is 0 Å². The fourth-order valence-electron chi connectivity index (χ4n) is 2.11. The van der Waals surface area contributed by atoms with Crippen LogP contribution in [-0.4, -0.2) is 30.2 Å². The van der Waals surface area contributed by atoms with Crippen molar-refractivity contribution >= 4 is 0 Å². The molecule has 0 amide bonds. The molecule has 106 valence electrons. The van der Waals surface area contributed by atoms with E-state index in [1.54, 1.807) is 6.07 Å². The first kappa shape index (κ1) is 14.3. The first-order valence-electron chi connectivity index (χ1n) is 6.17. The summed E-state index contributed by atoms with van der Waals surface area (Å²) in [6.45, 7) is -0.867. The lowest BCUT2D eigenvalue weighted by Gasteiger charge is -2.26. The second kappa shape index (κ2) is 5.46. The van der Waals surface area contributed by atoms with Crippen LogP contribution in [0.1, 0.15) is 24.4 Å². The normalized spacial score (nSPS) is 17.8. The van der Waals surface area contributed by atoms with Gasteiger partial charge in [-0.1, -0.05) is 12.1 Å². The number of halogens is 4. The summed E-state index contributed by atoms with van der Waals surface area (Å²) in [5, 5.41) is 0. The van der Waals surface area contributed by atoms with E-state index < -0.39 is 24.6 Å². The van der Waals surface area contributed by atoms with Gasteiger partial charge in [0.2, 0.25) is 0 Å². The molecule has 1 saturated carbocycles. The second-order valence-corrected chi connectivity index (χ2v) is 4.94. The summed E-state index contributed by atoms with van der Waals surface area (Å²) in [5.41, 5.74) is 6.39. The second-order valence-electron chi connectivity index (χ2n) is 4.94. The summed E-state index contributed by atoms with van der Waals surface area (Å²) >= 11 is 0. The lowest BCUT2D eigenvalue weighted by molar-refractivity contribution is -0.147. The summed E-state index contributed by atoms with van der Waals surface area (Å²) < 4.78 is 50.5. The van der Waals surface area contributed by atoms with Crippen LogP contribution >= 0.6 is 0 Å². The molecular weight excluding hydrogens is 260 g/mol. The molecular formula is C13H16F4N2. The van der Waals surface area contributed by atoms with E-state index in [0.29, 0.717) is 5.56 Å². The SMILES string of the molecule is NC(CN(CC(F)(F)F)C1CC1)c1cccc(F)c1. The highest BCUT2D eigenvalue weighted by atomic mass is 19.4. The van der Waals surface area contributed by atoms with Crippen molar-refractivity contribution in [2.45, 2.75) is 31.1 Å². The maximum atomic E-state index is 13.1. The minimum Gasteiger partial charge on any atom is -0.323 e. The summed E-state index contributed by atoms with van der Waals surface area (Å²) in [6, 6.07) is 5.04. The van der Waals surface area contributed by atoms with Crippen LogP contribution in [-0.2, 0) is 0 Å². The van der Waals surface area contributed by atoms with E-state index in [1.807, 2.05) is 0 Å². The highest BCUT2D eigenvalue weighted by Gasteiger charge is 2.38. The van der Waals surface area contributed by atoms with Crippen LogP contribution in [0.4, 0.5) is 17.6 Å². The lowest BCUT2D eigenvalue weighted by Crippen LogP contribution is -2.40. The summed E-state index contributed by atoms with van der Waals surface area (Å²) in [4.78, 5) is 1.34. The standard InChI is InChI=1S/C13H16F4N2/c14-10-3-1-2-9(6-10)12(18)7-19(11-4-5-11)8-13(15,16)17/h1-3,6,11-12H,4-5,7-8,18H2. The summed E-state index contributed by atoms with van der Waals surface area (Å²) in [5.74, 6) is -0.429. The Morgan fingerprint density at radius 3 is 2.53 bits per heavy atom. The number of nitrogens with zero attached hydrogens (tertiary/aromatic N) is 1. The number of rotatable bonds is 5. The molecule has 1 unspecified atom stereocenters. The number of benzene rings is 1. The molecule has 1 aliphatic carbocycles. The van der Waals surface area contributed by atoms with Gasteiger partial charge < -0.3 is 5.73 Å². The fraction of sp³-hybridized carbons (Fsp3) is 0.538. The van der Waals surface area contributed by atoms with Gasteiger partial charge >= 0.3 is 6.18 Å². The third kappa shape index (κ3) is 4.47. The Morgan fingerprint density at radius 2 is 2.00 bits per heavy atom. The van der Waals surface area contributed by atoms with Crippen LogP contribution in [0.5, 0.6) is 0 Å². The Balaban J connectivity index is 2.00. The van der Waals surface area contributed by atoms with Crippen molar-refractivity contribution in [2.75, 3.05) is 13.1 Å². The van der Waals surface area contributed by atoms with Gasteiger partial charge in [-0.2, -0.15) is 13.2 Å². The third-order valence-electron chi connectivity index (χ3n) is 3.15. The topological polar surface area (TPSA) is 29.3 Å². The summed E-state index contributed by atoms with van der Waals surface area (Å²) in [6.07, 6.45) is -2.69. The van der Waals surface area contributed by atoms with Gasteiger partial charge in [0.05, 0.1) is 6.54 Å². The number of hydrogen-bond acceptors (Lipinski definition) is 2. The van der Waals surface area contributed by atoms with Gasteiger partial charge in [-0.25, -0.2) is 4.39 Å². The Kier molecular flexibility index (Phi) is 4.10. The number of nitrogens with two attached hydrogens (primary N) is 1. The Morgan fingerprint density at radius 1 is 1.32 bits per heavy atom. The van der Waals surface area contributed by atoms with Crippen LogP contribution in [0, 0.1) is 5.82 Å². The molecule has 0 heterocycles. The van der Waals surface area contributed by atoms with Gasteiger partial charge in [0, 0.05) is 18.6 Å². The van der Waals surface area contributed by atoms with Gasteiger partial charge in [-0.3, -0.25) is 4.90 Å². The smallest absolute Gasteiger partial charge is 0.323 e. The van der Waals surface area contributed by atoms with Gasteiger partial charge in [-0.05, 0) is 30.5 Å². The molecule has 0 aliphatic heterocycles. The molecule has 0 aromatic heterocycles. The molecule has 0 bridgehead atoms. The number of hydrogen-bond donors (Lipinski definition) is 1. The van der Waals surface area contributed by atoms with E-state index in [-0.39, 0.29) is 12.6 Å². The van der Waals surface area contributed by atoms with E-state index in [2.05, 4.69) is 0 Å². The van der Waals surface area contributed by atoms with E-state index in [4.69, 9.17) is 5.73 Å². The van der Waals surface area contributed by atoms with Crippen molar-refractivity contribution in [1.82, 2.24) is 4.90 Å². The molecule has 0 spiro atoms. The minimum atomic E-state index is -4.23. The zero-order chi connectivity index (χ0) is 14.0. The predicted octanol–water partition coefficient (Wildman–Crippen LogP) is 2.85. The molecule has 2 N–H and O–H groups in total. The molecule has 6 heteroatoms. The van der Waals surface area contributed by atoms with Gasteiger partial charge in [0.25, 0.3) is 0 Å². The Hall–Kier alpha value is -1.14. The predicted molar refractivity (Wildman–Crippen MR) is 64.0 cm³/mol. The van der Waals surface area contributed by atoms with Gasteiger partial charge in [0.15, 0.2) is 0 Å². The molecule has 1 aromatic rings. The van der Waals surface area contributed by atoms with E-state index in [0.717, 1.165) is 12.8 Å². The van der Waals surface area contributed by atoms with Crippen LogP contribution in [0.2, 0.25) is 0 Å². The van der Waals surface area contributed by atoms with Crippen molar-refractivity contribution in [3.05, 3.63) is 35.6 Å². The van der Waals surface area contributed by atoms with Crippen molar-refractivity contribution in [3.8, 4) is 0 Å². The van der Waals surface area contributed by atoms with Crippen LogP contribution in [0.25, 0.3) is 0 Å². The van der Waals surface area contributed by atoms with E-state index in [1.165, 1.54) is 23.1 Å². The zero-order valence-corrected chi connectivity index (χ0v) is 10.3. The average Bonchev–Trinajstić information content (AvgIpc) is 3.10. The monoisotopic (exact) mass is 276 g/mol. The van der Waals surface area contributed by atoms with Crippen LogP contribution in [0.15, 0.2) is 24.3 Å². The molecule has 1 aromatic carbocycles. The fourth-order valence-corrected chi connectivity index (χ4v) is 2.11. The molecule has 1 fully saturated rings. The summed E-state index contributed by atoms with van der Waals surface area (Å²) in [7, 11) is 0. The maximum absolute atomic E-state index is 13.1. The van der Waals surface area contributed by atoms with Gasteiger partial charge in [-0.15, -0.1) is 0 Å². The van der Waals surface area contributed by atoms with Crippen molar-refractivity contribution in [3.63, 3.8) is 0 Å². The highest BCUT2D eigenvalue weighted by Crippen LogP contribution is 2.31. The molecule has 1 aliphatic rings. The quantitative estimate of drug-likeness (QED) is 0.838. The van der Waals surface area contributed by atoms with Gasteiger partial charge in [0.1, 0.15) is 5.82 Å². The molecule has 0 saturated heterocycles. The Labute approximate surface area is 109 Å². The van der Waals surface area contributed by atoms with Crippen molar-refractivity contribution in [1.29, 1.82) is 0 Å². The molecule has 2 nitrogen and oxygen atoms in total. The molecule has 1 atom stereocenters. The van der Waals surface area contributed by atoms with Crippen molar-refractivity contribution < 1.29 is 17.6 Å². The molecule has 0 radical (unpaired) electrons. The zero-order valence-electron chi connectivity index (χ0n) is 10.3. The van der Waals surface area contributed by atoms with Crippen LogP contribution < -0.4 is 5.73 Å². The third-order valence-corrected chi connectivity index (χ3v) is 3.15. The Bertz CT molecular complexity index is 429. The average molecular weight is 276 g/mol. The first-order chi connectivity index (χ1) is 8.85. The molecule has 19 heavy (non-hydrogen) atoms. The maximum Gasteiger partial charge on any atom is 0.401 e. The highest BCUT2D eigenvalue weighted by molar-refractivity contribution is 5.20. The largest absolute Gasteiger partial charge is 0.401 e. The molecule has 2 rings (SSSR count). The number of alkyl halides is 3. The van der Waals surface area contributed by atoms with Crippen molar-refractivity contribution in [2.24, 2.45) is 5.73 Å². The lowest BCUT2D eigenvalue weighted by atomic mass is 10.1. The first-order valence-corrected chi connectivity index (χ1v) is 6.17. The van der Waals surface area contributed by atoms with E-state index in [9.17, 15) is 17.6 Å². The van der Waals surface area contributed by atoms with Crippen LogP contribution in [0.3, 0.4) is 0 Å².